The Labute approximate surface area is 128 Å². The third-order valence-corrected chi connectivity index (χ3v) is 4.03. The van der Waals surface area contributed by atoms with Crippen molar-refractivity contribution < 1.29 is 0 Å². The summed E-state index contributed by atoms with van der Waals surface area (Å²) < 4.78 is 1.72. The number of nitrogens with one attached hydrogen (secondary N) is 2. The molecule has 0 bridgehead atoms. The number of aromatic nitrogens is 4. The number of aryl methyl sites for hydroxylation is 2. The first-order chi connectivity index (χ1) is 10.2. The fourth-order valence-corrected chi connectivity index (χ4v) is 2.51. The standard InChI is InChI=1S/C13H21N7S/c1-4-10-6-15-12(21-10)8-17-13(14-5-2)16-7-11-18-9-19-20(11)3/h6,9H,4-5,7-8H2,1-3H3,(H2,14,16,17). The van der Waals surface area contributed by atoms with Gasteiger partial charge in [0.1, 0.15) is 23.7 Å². The maximum atomic E-state index is 4.51. The van der Waals surface area contributed by atoms with E-state index in [-0.39, 0.29) is 0 Å². The lowest BCUT2D eigenvalue weighted by molar-refractivity contribution is 0.697. The highest BCUT2D eigenvalue weighted by molar-refractivity contribution is 7.11. The van der Waals surface area contributed by atoms with Crippen LogP contribution in [0.2, 0.25) is 0 Å². The third-order valence-electron chi connectivity index (χ3n) is 2.88. The van der Waals surface area contributed by atoms with E-state index in [0.717, 1.165) is 29.8 Å². The average Bonchev–Trinajstić information content (AvgIpc) is 3.11. The summed E-state index contributed by atoms with van der Waals surface area (Å²) in [6.07, 6.45) is 4.50. The van der Waals surface area contributed by atoms with Crippen LogP contribution in [-0.2, 0) is 26.6 Å². The summed E-state index contributed by atoms with van der Waals surface area (Å²) in [7, 11) is 1.86. The lowest BCUT2D eigenvalue weighted by Gasteiger charge is -2.09. The summed E-state index contributed by atoms with van der Waals surface area (Å²) in [5.74, 6) is 1.59. The van der Waals surface area contributed by atoms with Crippen molar-refractivity contribution in [2.45, 2.75) is 33.4 Å². The zero-order valence-corrected chi connectivity index (χ0v) is 13.4. The van der Waals surface area contributed by atoms with Crippen LogP contribution in [0.1, 0.15) is 29.6 Å². The molecule has 0 amide bonds. The van der Waals surface area contributed by atoms with Crippen molar-refractivity contribution in [3.8, 4) is 0 Å². The molecule has 0 atom stereocenters. The summed E-state index contributed by atoms with van der Waals surface area (Å²) in [5.41, 5.74) is 0. The SMILES string of the molecule is CCNC(=NCc1ncnn1C)NCc1ncc(CC)s1. The van der Waals surface area contributed by atoms with E-state index in [1.807, 2.05) is 20.2 Å². The van der Waals surface area contributed by atoms with Crippen LogP contribution in [0.5, 0.6) is 0 Å². The second-order valence-corrected chi connectivity index (χ2v) is 5.62. The Kier molecular flexibility index (Phi) is 5.68. The Morgan fingerprint density at radius 3 is 2.81 bits per heavy atom. The number of hydrogen-bond donors (Lipinski definition) is 2. The molecule has 0 aliphatic rings. The van der Waals surface area contributed by atoms with Crippen molar-refractivity contribution in [1.29, 1.82) is 0 Å². The van der Waals surface area contributed by atoms with Crippen molar-refractivity contribution in [3.63, 3.8) is 0 Å². The second-order valence-electron chi connectivity index (χ2n) is 4.42. The minimum Gasteiger partial charge on any atom is -0.357 e. The van der Waals surface area contributed by atoms with Crippen LogP contribution < -0.4 is 10.6 Å². The number of aliphatic imine (C=N–C) groups is 1. The van der Waals surface area contributed by atoms with Gasteiger partial charge in [-0.1, -0.05) is 6.92 Å². The lowest BCUT2D eigenvalue weighted by atomic mass is 10.4. The quantitative estimate of drug-likeness (QED) is 0.617. The second kappa shape index (κ2) is 7.72. The predicted octanol–water partition coefficient (Wildman–Crippen LogP) is 1.09. The fourth-order valence-electron chi connectivity index (χ4n) is 1.71. The molecule has 21 heavy (non-hydrogen) atoms. The van der Waals surface area contributed by atoms with Crippen LogP contribution in [0.4, 0.5) is 0 Å². The molecule has 0 saturated carbocycles. The largest absolute Gasteiger partial charge is 0.357 e. The van der Waals surface area contributed by atoms with E-state index in [0.29, 0.717) is 13.1 Å². The van der Waals surface area contributed by atoms with Gasteiger partial charge >= 0.3 is 0 Å². The van der Waals surface area contributed by atoms with E-state index in [1.54, 1.807) is 16.0 Å². The number of nitrogens with zero attached hydrogens (tertiary/aromatic N) is 5. The third kappa shape index (κ3) is 4.52. The summed E-state index contributed by atoms with van der Waals surface area (Å²) in [6, 6.07) is 0. The summed E-state index contributed by atoms with van der Waals surface area (Å²) in [4.78, 5) is 14.4. The first kappa shape index (κ1) is 15.4. The number of guanidine groups is 1. The molecule has 2 rings (SSSR count). The molecule has 0 saturated heterocycles. The molecule has 8 heteroatoms. The van der Waals surface area contributed by atoms with Gasteiger partial charge in [-0.2, -0.15) is 5.10 Å². The van der Waals surface area contributed by atoms with E-state index < -0.39 is 0 Å². The van der Waals surface area contributed by atoms with Gasteiger partial charge in [0, 0.05) is 24.7 Å². The summed E-state index contributed by atoms with van der Waals surface area (Å²) >= 11 is 1.73. The first-order valence-electron chi connectivity index (χ1n) is 7.01. The van der Waals surface area contributed by atoms with Crippen LogP contribution in [0.15, 0.2) is 17.5 Å². The molecule has 2 aromatic rings. The van der Waals surface area contributed by atoms with Gasteiger partial charge in [0.05, 0.1) is 6.54 Å². The maximum Gasteiger partial charge on any atom is 0.192 e. The van der Waals surface area contributed by atoms with Gasteiger partial charge in [0.15, 0.2) is 5.96 Å². The van der Waals surface area contributed by atoms with E-state index in [2.05, 4.69) is 37.6 Å². The highest BCUT2D eigenvalue weighted by atomic mass is 32.1. The molecule has 0 fully saturated rings. The lowest BCUT2D eigenvalue weighted by Crippen LogP contribution is -2.36. The molecular weight excluding hydrogens is 286 g/mol. The Morgan fingerprint density at radius 1 is 1.33 bits per heavy atom. The van der Waals surface area contributed by atoms with Crippen molar-refractivity contribution in [3.05, 3.63) is 28.2 Å². The average molecular weight is 307 g/mol. The number of hydrogen-bond acceptors (Lipinski definition) is 5. The molecular formula is C13H21N7S. The van der Waals surface area contributed by atoms with E-state index in [1.165, 1.54) is 11.2 Å². The Balaban J connectivity index is 1.93. The predicted molar refractivity (Wildman–Crippen MR) is 84.2 cm³/mol. The minimum atomic E-state index is 0.490. The summed E-state index contributed by atoms with van der Waals surface area (Å²) in [5, 5.41) is 11.6. The zero-order valence-electron chi connectivity index (χ0n) is 12.6. The van der Waals surface area contributed by atoms with Gasteiger partial charge in [-0.15, -0.1) is 11.3 Å². The highest BCUT2D eigenvalue weighted by Crippen LogP contribution is 2.12. The molecule has 0 aliphatic carbocycles. The highest BCUT2D eigenvalue weighted by Gasteiger charge is 2.04. The molecule has 2 aromatic heterocycles. The van der Waals surface area contributed by atoms with Gasteiger partial charge in [-0.25, -0.2) is 15.0 Å². The van der Waals surface area contributed by atoms with Crippen LogP contribution in [0, 0.1) is 0 Å². The van der Waals surface area contributed by atoms with Crippen molar-refractivity contribution in [1.82, 2.24) is 30.4 Å². The minimum absolute atomic E-state index is 0.490. The van der Waals surface area contributed by atoms with Gasteiger partial charge in [0.25, 0.3) is 0 Å². The maximum absolute atomic E-state index is 4.51. The molecule has 0 radical (unpaired) electrons. The van der Waals surface area contributed by atoms with Crippen molar-refractivity contribution in [2.75, 3.05) is 6.54 Å². The van der Waals surface area contributed by atoms with E-state index >= 15 is 0 Å². The van der Waals surface area contributed by atoms with Gasteiger partial charge < -0.3 is 10.6 Å². The molecule has 7 nitrogen and oxygen atoms in total. The van der Waals surface area contributed by atoms with Gasteiger partial charge in [-0.3, -0.25) is 4.68 Å². The topological polar surface area (TPSA) is 80.0 Å². The zero-order chi connectivity index (χ0) is 15.1. The van der Waals surface area contributed by atoms with Crippen LogP contribution in [0.3, 0.4) is 0 Å². The molecule has 0 aromatic carbocycles. The Bertz CT molecular complexity index is 587. The molecule has 0 unspecified atom stereocenters. The normalized spacial score (nSPS) is 11.7. The van der Waals surface area contributed by atoms with Gasteiger partial charge in [0.2, 0.25) is 0 Å². The van der Waals surface area contributed by atoms with Crippen LogP contribution in [0.25, 0.3) is 0 Å². The fraction of sp³-hybridized carbons (Fsp3) is 0.538. The number of rotatable bonds is 6. The molecule has 0 aliphatic heterocycles. The Hall–Kier alpha value is -1.96. The van der Waals surface area contributed by atoms with Crippen LogP contribution in [-0.4, -0.2) is 32.3 Å². The van der Waals surface area contributed by atoms with Crippen molar-refractivity contribution in [2.24, 2.45) is 12.0 Å². The molecule has 114 valence electrons. The molecule has 0 spiro atoms. The summed E-state index contributed by atoms with van der Waals surface area (Å²) in [6.45, 7) is 6.15. The van der Waals surface area contributed by atoms with E-state index in [9.17, 15) is 0 Å². The number of thiazole rings is 1. The smallest absolute Gasteiger partial charge is 0.192 e. The Morgan fingerprint density at radius 2 is 2.19 bits per heavy atom. The molecule has 2 N–H and O–H groups in total. The molecule has 2 heterocycles. The van der Waals surface area contributed by atoms with Gasteiger partial charge in [-0.05, 0) is 13.3 Å². The first-order valence-corrected chi connectivity index (χ1v) is 7.83. The van der Waals surface area contributed by atoms with Crippen molar-refractivity contribution >= 4 is 17.3 Å². The monoisotopic (exact) mass is 307 g/mol. The van der Waals surface area contributed by atoms with Crippen LogP contribution >= 0.6 is 11.3 Å². The van der Waals surface area contributed by atoms with E-state index in [4.69, 9.17) is 0 Å².